The molecule has 96 valence electrons. The summed E-state index contributed by atoms with van der Waals surface area (Å²) in [6.07, 6.45) is 1.61. The van der Waals surface area contributed by atoms with Crippen LogP contribution in [0.15, 0.2) is 15.8 Å². The van der Waals surface area contributed by atoms with Crippen molar-refractivity contribution in [2.24, 2.45) is 0 Å². The Balaban J connectivity index is 2.62. The van der Waals surface area contributed by atoms with Crippen LogP contribution in [0, 0.1) is 12.7 Å². The number of rotatable bonds is 2. The minimum atomic E-state index is -1.38. The number of H-pyrrole nitrogens is 1. The first-order chi connectivity index (χ1) is 8.41. The third kappa shape index (κ3) is 1.94. The molecule has 0 aliphatic rings. The first-order valence-electron chi connectivity index (χ1n) is 5.07. The Labute approximate surface area is 104 Å². The van der Waals surface area contributed by atoms with Crippen molar-refractivity contribution >= 4 is 11.3 Å². The van der Waals surface area contributed by atoms with Crippen molar-refractivity contribution in [2.45, 2.75) is 19.9 Å². The van der Waals surface area contributed by atoms with Gasteiger partial charge in [0.15, 0.2) is 0 Å². The van der Waals surface area contributed by atoms with E-state index in [1.165, 1.54) is 11.3 Å². The van der Waals surface area contributed by atoms with Gasteiger partial charge < -0.3 is 5.11 Å². The summed E-state index contributed by atoms with van der Waals surface area (Å²) >= 11 is 1.32. The highest BCUT2D eigenvalue weighted by Gasteiger charge is 2.21. The average molecular weight is 271 g/mol. The fourth-order valence-corrected chi connectivity index (χ4v) is 2.37. The van der Waals surface area contributed by atoms with E-state index < -0.39 is 29.0 Å². The van der Waals surface area contributed by atoms with Crippen LogP contribution in [0.1, 0.15) is 22.9 Å². The van der Waals surface area contributed by atoms with Crippen molar-refractivity contribution in [3.05, 3.63) is 42.7 Å². The molecule has 0 aromatic carbocycles. The molecule has 0 amide bonds. The Kier molecular flexibility index (Phi) is 3.04. The number of hydrogen-bond donors (Lipinski definition) is 2. The van der Waals surface area contributed by atoms with Crippen LogP contribution in [0.3, 0.4) is 0 Å². The number of hydrogen-bond acceptors (Lipinski definition) is 5. The van der Waals surface area contributed by atoms with Crippen LogP contribution < -0.4 is 11.2 Å². The zero-order valence-electron chi connectivity index (χ0n) is 9.60. The fourth-order valence-electron chi connectivity index (χ4n) is 1.55. The molecule has 2 heterocycles. The van der Waals surface area contributed by atoms with Gasteiger partial charge in [-0.1, -0.05) is 0 Å². The van der Waals surface area contributed by atoms with Gasteiger partial charge in [-0.3, -0.25) is 14.3 Å². The van der Waals surface area contributed by atoms with Gasteiger partial charge in [0, 0.05) is 11.1 Å². The van der Waals surface area contributed by atoms with Crippen LogP contribution in [0.2, 0.25) is 0 Å². The second kappa shape index (κ2) is 4.37. The molecule has 6 nitrogen and oxygen atoms in total. The van der Waals surface area contributed by atoms with Crippen LogP contribution in [-0.4, -0.2) is 19.6 Å². The Bertz CT molecular complexity index is 703. The second-order valence-electron chi connectivity index (χ2n) is 3.75. The predicted octanol–water partition coefficient (Wildman–Crippen LogP) is 0.756. The minimum absolute atomic E-state index is 0.538. The summed E-state index contributed by atoms with van der Waals surface area (Å²) in [4.78, 5) is 29.3. The smallest absolute Gasteiger partial charge is 0.331 e. The molecule has 0 bridgehead atoms. The van der Waals surface area contributed by atoms with Crippen LogP contribution in [0.5, 0.6) is 5.88 Å². The molecule has 0 aliphatic heterocycles. The molecule has 2 aromatic heterocycles. The Morgan fingerprint density at radius 1 is 1.56 bits per heavy atom. The van der Waals surface area contributed by atoms with Gasteiger partial charge in [-0.25, -0.2) is 9.78 Å². The highest BCUT2D eigenvalue weighted by molar-refractivity contribution is 7.11. The summed E-state index contributed by atoms with van der Waals surface area (Å²) in [5.74, 6) is -2.36. The number of aryl methyl sites for hydroxylation is 1. The van der Waals surface area contributed by atoms with Gasteiger partial charge >= 0.3 is 5.69 Å². The normalized spacial score (nSPS) is 12.6. The molecular weight excluding hydrogens is 261 g/mol. The number of nitrogens with zero attached hydrogens (tertiary/aromatic N) is 2. The van der Waals surface area contributed by atoms with Gasteiger partial charge in [-0.2, -0.15) is 4.39 Å². The first kappa shape index (κ1) is 12.5. The SMILES string of the molecule is Cc1cnc(C(C)n2c(O)c(F)c(=O)[nH]c2=O)s1. The zero-order valence-corrected chi connectivity index (χ0v) is 10.4. The lowest BCUT2D eigenvalue weighted by atomic mass is 10.3. The van der Waals surface area contributed by atoms with E-state index in [1.54, 1.807) is 18.1 Å². The highest BCUT2D eigenvalue weighted by atomic mass is 32.1. The molecule has 1 unspecified atom stereocenters. The van der Waals surface area contributed by atoms with Gasteiger partial charge in [-0.05, 0) is 13.8 Å². The lowest BCUT2D eigenvalue weighted by Crippen LogP contribution is -2.33. The minimum Gasteiger partial charge on any atom is -0.492 e. The summed E-state index contributed by atoms with van der Waals surface area (Å²) in [6, 6.07) is -0.664. The Hall–Kier alpha value is -1.96. The lowest BCUT2D eigenvalue weighted by molar-refractivity contribution is 0.351. The molecule has 0 saturated carbocycles. The van der Waals surface area contributed by atoms with Crippen LogP contribution in [0.25, 0.3) is 0 Å². The van der Waals surface area contributed by atoms with E-state index in [9.17, 15) is 19.1 Å². The van der Waals surface area contributed by atoms with E-state index in [1.807, 2.05) is 6.92 Å². The molecule has 0 fully saturated rings. The van der Waals surface area contributed by atoms with Gasteiger partial charge in [-0.15, -0.1) is 11.3 Å². The molecule has 2 rings (SSSR count). The van der Waals surface area contributed by atoms with E-state index in [-0.39, 0.29) is 0 Å². The number of aromatic hydroxyl groups is 1. The summed E-state index contributed by atoms with van der Waals surface area (Å²) in [5.41, 5.74) is -2.12. The number of aromatic amines is 1. The van der Waals surface area contributed by atoms with Crippen LogP contribution >= 0.6 is 11.3 Å². The fraction of sp³-hybridized carbons (Fsp3) is 0.300. The average Bonchev–Trinajstić information content (AvgIpc) is 2.73. The molecule has 0 radical (unpaired) electrons. The van der Waals surface area contributed by atoms with Gasteiger partial charge in [0.1, 0.15) is 5.01 Å². The van der Waals surface area contributed by atoms with Crippen LogP contribution in [0.4, 0.5) is 4.39 Å². The summed E-state index contributed by atoms with van der Waals surface area (Å²) in [7, 11) is 0. The highest BCUT2D eigenvalue weighted by Crippen LogP contribution is 2.24. The molecule has 0 aliphatic carbocycles. The van der Waals surface area contributed by atoms with Gasteiger partial charge in [0.05, 0.1) is 6.04 Å². The quantitative estimate of drug-likeness (QED) is 0.844. The summed E-state index contributed by atoms with van der Waals surface area (Å²) < 4.78 is 14.0. The number of thiazole rings is 1. The molecule has 1 atom stereocenters. The third-order valence-corrected chi connectivity index (χ3v) is 3.53. The second-order valence-corrected chi connectivity index (χ2v) is 5.02. The summed E-state index contributed by atoms with van der Waals surface area (Å²) in [5, 5.41) is 10.1. The van der Waals surface area contributed by atoms with Crippen molar-refractivity contribution in [2.75, 3.05) is 0 Å². The molecule has 0 spiro atoms. The van der Waals surface area contributed by atoms with Gasteiger partial charge in [0.2, 0.25) is 11.7 Å². The van der Waals surface area contributed by atoms with Crippen molar-refractivity contribution in [1.82, 2.24) is 14.5 Å². The van der Waals surface area contributed by atoms with E-state index >= 15 is 0 Å². The first-order valence-corrected chi connectivity index (χ1v) is 5.89. The van der Waals surface area contributed by atoms with Gasteiger partial charge in [0.25, 0.3) is 5.56 Å². The van der Waals surface area contributed by atoms with E-state index in [0.29, 0.717) is 5.01 Å². The summed E-state index contributed by atoms with van der Waals surface area (Å²) in [6.45, 7) is 3.42. The molecule has 0 saturated heterocycles. The topological polar surface area (TPSA) is 88.0 Å². The maximum absolute atomic E-state index is 13.3. The zero-order chi connectivity index (χ0) is 13.4. The van der Waals surface area contributed by atoms with Crippen molar-refractivity contribution < 1.29 is 9.50 Å². The molecule has 8 heteroatoms. The van der Waals surface area contributed by atoms with E-state index in [4.69, 9.17) is 0 Å². The molecular formula is C10H10FN3O3S. The maximum atomic E-state index is 13.3. The molecule has 18 heavy (non-hydrogen) atoms. The van der Waals surface area contributed by atoms with E-state index in [0.717, 1.165) is 9.44 Å². The monoisotopic (exact) mass is 271 g/mol. The Morgan fingerprint density at radius 2 is 2.22 bits per heavy atom. The van der Waals surface area contributed by atoms with Crippen molar-refractivity contribution in [3.8, 4) is 5.88 Å². The molecule has 2 N–H and O–H groups in total. The maximum Gasteiger partial charge on any atom is 0.331 e. The standard InChI is InChI=1S/C10H10FN3O3S/c1-4-3-12-8(18-4)5(2)14-9(16)6(11)7(15)13-10(14)17/h3,5,16H,1-2H3,(H,13,15,17). The van der Waals surface area contributed by atoms with E-state index in [2.05, 4.69) is 4.98 Å². The van der Waals surface area contributed by atoms with Crippen molar-refractivity contribution in [3.63, 3.8) is 0 Å². The predicted molar refractivity (Wildman–Crippen MR) is 63.6 cm³/mol. The number of nitrogens with one attached hydrogen (secondary N) is 1. The number of halogens is 1. The number of aromatic nitrogens is 3. The van der Waals surface area contributed by atoms with Crippen molar-refractivity contribution in [1.29, 1.82) is 0 Å². The van der Waals surface area contributed by atoms with Crippen LogP contribution in [-0.2, 0) is 0 Å². The third-order valence-electron chi connectivity index (χ3n) is 2.45. The molecule has 2 aromatic rings. The largest absolute Gasteiger partial charge is 0.492 e. The lowest BCUT2D eigenvalue weighted by Gasteiger charge is -2.13. The Morgan fingerprint density at radius 3 is 2.78 bits per heavy atom.